The maximum Gasteiger partial charge on any atom is 0.407 e. The molecule has 1 amide bonds. The molecule has 1 N–H and O–H groups in total. The van der Waals surface area contributed by atoms with E-state index in [1.54, 1.807) is 0 Å². The zero-order valence-electron chi connectivity index (χ0n) is 13.9. The molecular weight excluding hydrogens is 270 g/mol. The summed E-state index contributed by atoms with van der Waals surface area (Å²) in [6.45, 7) is 8.91. The average Bonchev–Trinajstić information content (AvgIpc) is 2.42. The van der Waals surface area contributed by atoms with Gasteiger partial charge in [0, 0.05) is 0 Å². The minimum absolute atomic E-state index is 0.286. The number of rotatable bonds is 11. The standard InChI is InChI=1S/C16H31NO4/c1-5-7-9-11-20-15(18)14(12-13(3)4)17-16(19)21-10-8-6-2/h13-14H,5-12H2,1-4H3,(H,17,19)/t14-/m0/s1. The van der Waals surface area contributed by atoms with E-state index in [9.17, 15) is 9.59 Å². The SMILES string of the molecule is CCCCCOC(=O)[C@H](CC(C)C)NC(=O)OCCCC. The molecule has 0 rings (SSSR count). The molecule has 0 aliphatic rings. The number of ether oxygens (including phenoxy) is 2. The molecule has 5 nitrogen and oxygen atoms in total. The Labute approximate surface area is 128 Å². The second-order valence-corrected chi connectivity index (χ2v) is 5.69. The van der Waals surface area contributed by atoms with Crippen LogP contribution in [-0.4, -0.2) is 31.3 Å². The van der Waals surface area contributed by atoms with Gasteiger partial charge in [-0.05, 0) is 25.2 Å². The predicted molar refractivity (Wildman–Crippen MR) is 83.1 cm³/mol. The van der Waals surface area contributed by atoms with E-state index < -0.39 is 12.1 Å². The topological polar surface area (TPSA) is 64.6 Å². The molecule has 0 aromatic heterocycles. The second kappa shape index (κ2) is 12.5. The third-order valence-electron chi connectivity index (χ3n) is 3.01. The minimum atomic E-state index is -0.624. The zero-order valence-corrected chi connectivity index (χ0v) is 13.9. The number of carbonyl (C=O) groups excluding carboxylic acids is 2. The Balaban J connectivity index is 4.22. The number of hydrogen-bond acceptors (Lipinski definition) is 4. The summed E-state index contributed by atoms with van der Waals surface area (Å²) in [6.07, 6.45) is 4.77. The van der Waals surface area contributed by atoms with Gasteiger partial charge in [-0.15, -0.1) is 0 Å². The van der Waals surface area contributed by atoms with Crippen LogP contribution >= 0.6 is 0 Å². The van der Waals surface area contributed by atoms with Gasteiger partial charge in [0.25, 0.3) is 0 Å². The molecule has 5 heteroatoms. The number of esters is 1. The van der Waals surface area contributed by atoms with Crippen molar-refractivity contribution in [3.05, 3.63) is 0 Å². The first-order valence-corrected chi connectivity index (χ1v) is 8.11. The van der Waals surface area contributed by atoms with Crippen LogP contribution in [0.4, 0.5) is 4.79 Å². The van der Waals surface area contributed by atoms with Crippen LogP contribution < -0.4 is 5.32 Å². The first-order valence-electron chi connectivity index (χ1n) is 8.11. The van der Waals surface area contributed by atoms with Gasteiger partial charge >= 0.3 is 12.1 Å². The van der Waals surface area contributed by atoms with Gasteiger partial charge < -0.3 is 14.8 Å². The Morgan fingerprint density at radius 2 is 1.57 bits per heavy atom. The lowest BCUT2D eigenvalue weighted by Gasteiger charge is -2.19. The van der Waals surface area contributed by atoms with E-state index in [1.165, 1.54) is 0 Å². The number of nitrogens with one attached hydrogen (secondary N) is 1. The van der Waals surface area contributed by atoms with Crippen molar-refractivity contribution in [3.63, 3.8) is 0 Å². The van der Waals surface area contributed by atoms with Gasteiger partial charge in [-0.25, -0.2) is 9.59 Å². The van der Waals surface area contributed by atoms with Crippen LogP contribution in [0.25, 0.3) is 0 Å². The molecule has 0 aromatic rings. The van der Waals surface area contributed by atoms with Crippen molar-refractivity contribution in [1.29, 1.82) is 0 Å². The van der Waals surface area contributed by atoms with E-state index >= 15 is 0 Å². The third kappa shape index (κ3) is 11.1. The van der Waals surface area contributed by atoms with Crippen LogP contribution in [-0.2, 0) is 14.3 Å². The van der Waals surface area contributed by atoms with Crippen LogP contribution in [0.3, 0.4) is 0 Å². The summed E-state index contributed by atoms with van der Waals surface area (Å²) in [5.41, 5.74) is 0. The maximum atomic E-state index is 12.0. The van der Waals surface area contributed by atoms with Gasteiger partial charge in [-0.2, -0.15) is 0 Å². The highest BCUT2D eigenvalue weighted by Gasteiger charge is 2.23. The summed E-state index contributed by atoms with van der Waals surface area (Å²) in [5, 5.41) is 2.61. The van der Waals surface area contributed by atoms with Crippen molar-refractivity contribution >= 4 is 12.1 Å². The van der Waals surface area contributed by atoms with Crippen molar-refractivity contribution in [1.82, 2.24) is 5.32 Å². The van der Waals surface area contributed by atoms with Crippen LogP contribution in [0.1, 0.15) is 66.2 Å². The second-order valence-electron chi connectivity index (χ2n) is 5.69. The molecule has 0 saturated carbocycles. The third-order valence-corrected chi connectivity index (χ3v) is 3.01. The molecule has 0 aliphatic heterocycles. The number of hydrogen-bond donors (Lipinski definition) is 1. The number of unbranched alkanes of at least 4 members (excludes halogenated alkanes) is 3. The van der Waals surface area contributed by atoms with Crippen LogP contribution in [0.5, 0.6) is 0 Å². The summed E-state index contributed by atoms with van der Waals surface area (Å²) in [4.78, 5) is 23.7. The molecule has 0 fully saturated rings. The Bertz CT molecular complexity index is 292. The Kier molecular flexibility index (Phi) is 11.7. The Hall–Kier alpha value is -1.26. The molecule has 0 bridgehead atoms. The summed E-state index contributed by atoms with van der Waals surface area (Å²) in [6, 6.07) is -0.624. The normalized spacial score (nSPS) is 12.0. The van der Waals surface area contributed by atoms with Crippen molar-refractivity contribution in [2.75, 3.05) is 13.2 Å². The van der Waals surface area contributed by atoms with Gasteiger partial charge in [0.15, 0.2) is 0 Å². The van der Waals surface area contributed by atoms with Gasteiger partial charge in [-0.3, -0.25) is 0 Å². The highest BCUT2D eigenvalue weighted by Crippen LogP contribution is 2.08. The maximum absolute atomic E-state index is 12.0. The molecule has 21 heavy (non-hydrogen) atoms. The molecule has 124 valence electrons. The Morgan fingerprint density at radius 3 is 2.14 bits per heavy atom. The molecule has 0 aromatic carbocycles. The highest BCUT2D eigenvalue weighted by atomic mass is 16.6. The molecule has 0 heterocycles. The smallest absolute Gasteiger partial charge is 0.407 e. The van der Waals surface area contributed by atoms with E-state index in [1.807, 2.05) is 20.8 Å². The first kappa shape index (κ1) is 19.7. The lowest BCUT2D eigenvalue weighted by Crippen LogP contribution is -2.43. The molecule has 1 atom stereocenters. The van der Waals surface area contributed by atoms with E-state index in [-0.39, 0.29) is 11.9 Å². The van der Waals surface area contributed by atoms with Gasteiger partial charge in [0.2, 0.25) is 0 Å². The highest BCUT2D eigenvalue weighted by molar-refractivity contribution is 5.81. The lowest BCUT2D eigenvalue weighted by atomic mass is 10.0. The van der Waals surface area contributed by atoms with E-state index in [4.69, 9.17) is 9.47 Å². The fourth-order valence-electron chi connectivity index (χ4n) is 1.80. The first-order chi connectivity index (χ1) is 10.0. The minimum Gasteiger partial charge on any atom is -0.464 e. The monoisotopic (exact) mass is 301 g/mol. The van der Waals surface area contributed by atoms with Crippen LogP contribution in [0, 0.1) is 5.92 Å². The van der Waals surface area contributed by atoms with Gasteiger partial charge in [-0.1, -0.05) is 47.0 Å². The van der Waals surface area contributed by atoms with Gasteiger partial charge in [0.05, 0.1) is 13.2 Å². The van der Waals surface area contributed by atoms with E-state index in [0.717, 1.165) is 32.1 Å². The van der Waals surface area contributed by atoms with Crippen molar-refractivity contribution < 1.29 is 19.1 Å². The fraction of sp³-hybridized carbons (Fsp3) is 0.875. The lowest BCUT2D eigenvalue weighted by molar-refractivity contribution is -0.146. The fourth-order valence-corrected chi connectivity index (χ4v) is 1.80. The molecular formula is C16H31NO4. The number of carbonyl (C=O) groups is 2. The molecule has 0 radical (unpaired) electrons. The molecule has 0 saturated heterocycles. The number of alkyl carbamates (subject to hydrolysis) is 1. The van der Waals surface area contributed by atoms with Crippen molar-refractivity contribution in [2.45, 2.75) is 72.3 Å². The van der Waals surface area contributed by atoms with Gasteiger partial charge in [0.1, 0.15) is 6.04 Å². The van der Waals surface area contributed by atoms with E-state index in [0.29, 0.717) is 19.6 Å². The zero-order chi connectivity index (χ0) is 16.1. The summed E-state index contributed by atoms with van der Waals surface area (Å²) in [7, 11) is 0. The molecule has 0 aliphatic carbocycles. The Morgan fingerprint density at radius 1 is 0.952 bits per heavy atom. The summed E-state index contributed by atoms with van der Waals surface area (Å²) >= 11 is 0. The van der Waals surface area contributed by atoms with Crippen molar-refractivity contribution in [2.24, 2.45) is 5.92 Å². The predicted octanol–water partition coefficient (Wildman–Crippen LogP) is 3.66. The molecule has 0 spiro atoms. The van der Waals surface area contributed by atoms with Crippen LogP contribution in [0.2, 0.25) is 0 Å². The summed E-state index contributed by atoms with van der Waals surface area (Å²) < 4.78 is 10.3. The number of amides is 1. The van der Waals surface area contributed by atoms with Crippen molar-refractivity contribution in [3.8, 4) is 0 Å². The van der Waals surface area contributed by atoms with E-state index in [2.05, 4.69) is 12.2 Å². The molecule has 0 unspecified atom stereocenters. The summed E-state index contributed by atoms with van der Waals surface area (Å²) in [5.74, 6) is -0.0821. The largest absolute Gasteiger partial charge is 0.464 e. The van der Waals surface area contributed by atoms with Crippen LogP contribution in [0.15, 0.2) is 0 Å². The quantitative estimate of drug-likeness (QED) is 0.467. The average molecular weight is 301 g/mol.